The van der Waals surface area contributed by atoms with Crippen LogP contribution in [0.15, 0.2) is 18.2 Å². The summed E-state index contributed by atoms with van der Waals surface area (Å²) in [6.45, 7) is 4.69. The summed E-state index contributed by atoms with van der Waals surface area (Å²) in [4.78, 5) is 12.3. The lowest BCUT2D eigenvalue weighted by molar-refractivity contribution is -0.123. The van der Waals surface area contributed by atoms with E-state index in [4.69, 9.17) is 4.74 Å². The molecule has 0 aromatic heterocycles. The summed E-state index contributed by atoms with van der Waals surface area (Å²) in [6, 6.07) is 6.09. The number of hydrogen-bond acceptors (Lipinski definition) is 3. The lowest BCUT2D eigenvalue weighted by atomic mass is 9.92. The highest BCUT2D eigenvalue weighted by molar-refractivity contribution is 5.82. The van der Waals surface area contributed by atoms with E-state index >= 15 is 0 Å². The summed E-state index contributed by atoms with van der Waals surface area (Å²) in [5.74, 6) is 1.28. The van der Waals surface area contributed by atoms with Crippen LogP contribution in [0.3, 0.4) is 0 Å². The van der Waals surface area contributed by atoms with Crippen molar-refractivity contribution in [1.29, 1.82) is 0 Å². The van der Waals surface area contributed by atoms with Gasteiger partial charge in [0.1, 0.15) is 5.75 Å². The summed E-state index contributed by atoms with van der Waals surface area (Å²) in [5.41, 5.74) is 2.50. The molecule has 114 valence electrons. The van der Waals surface area contributed by atoms with Gasteiger partial charge in [-0.15, -0.1) is 0 Å². The first-order valence-corrected chi connectivity index (χ1v) is 7.77. The van der Waals surface area contributed by atoms with Crippen LogP contribution in [0.25, 0.3) is 0 Å². The molecular formula is C17H24N2O2. The minimum atomic E-state index is 0.208. The Morgan fingerprint density at radius 1 is 1.43 bits per heavy atom. The van der Waals surface area contributed by atoms with Crippen LogP contribution in [-0.4, -0.2) is 26.1 Å². The average Bonchev–Trinajstić information content (AvgIpc) is 3.19. The van der Waals surface area contributed by atoms with Crippen LogP contribution < -0.4 is 15.4 Å². The maximum absolute atomic E-state index is 12.3. The van der Waals surface area contributed by atoms with Gasteiger partial charge >= 0.3 is 0 Å². The fraction of sp³-hybridized carbons (Fsp3) is 0.588. The highest BCUT2D eigenvalue weighted by Gasteiger charge is 2.57. The van der Waals surface area contributed by atoms with Gasteiger partial charge in [-0.3, -0.25) is 4.79 Å². The monoisotopic (exact) mass is 288 g/mol. The minimum Gasteiger partial charge on any atom is -0.496 e. The standard InChI is InChI=1S/C17H24N2O2/c1-12-3-4-13(15(9-12)21-2)11-19-16(20)14-10-17(14)5-7-18-8-6-17/h3-4,9,14,18H,5-8,10-11H2,1-2H3,(H,19,20). The molecule has 4 heteroatoms. The molecule has 1 aliphatic heterocycles. The van der Waals surface area contributed by atoms with Gasteiger partial charge < -0.3 is 15.4 Å². The third-order valence-electron chi connectivity index (χ3n) is 5.00. The van der Waals surface area contributed by atoms with E-state index in [1.54, 1.807) is 7.11 Å². The molecule has 1 aliphatic carbocycles. The third-order valence-corrected chi connectivity index (χ3v) is 5.00. The second-order valence-corrected chi connectivity index (χ2v) is 6.40. The zero-order valence-electron chi connectivity index (χ0n) is 12.9. The van der Waals surface area contributed by atoms with E-state index in [0.717, 1.165) is 49.2 Å². The van der Waals surface area contributed by atoms with E-state index in [1.165, 1.54) is 0 Å². The number of amides is 1. The number of piperidine rings is 1. The van der Waals surface area contributed by atoms with Gasteiger partial charge in [-0.2, -0.15) is 0 Å². The summed E-state index contributed by atoms with van der Waals surface area (Å²) < 4.78 is 5.38. The largest absolute Gasteiger partial charge is 0.496 e. The zero-order chi connectivity index (χ0) is 14.9. The van der Waals surface area contributed by atoms with E-state index in [1.807, 2.05) is 19.1 Å². The first-order valence-electron chi connectivity index (χ1n) is 7.77. The van der Waals surface area contributed by atoms with Gasteiger partial charge in [0.2, 0.25) is 5.91 Å². The predicted molar refractivity (Wildman–Crippen MR) is 82.2 cm³/mol. The van der Waals surface area contributed by atoms with E-state index in [9.17, 15) is 4.79 Å². The number of ether oxygens (including phenoxy) is 1. The first-order chi connectivity index (χ1) is 10.1. The first kappa shape index (κ1) is 14.4. The molecule has 1 aromatic carbocycles. The molecule has 1 saturated carbocycles. The van der Waals surface area contributed by atoms with Gasteiger partial charge in [0, 0.05) is 18.0 Å². The number of nitrogens with one attached hydrogen (secondary N) is 2. The SMILES string of the molecule is COc1cc(C)ccc1CNC(=O)C1CC12CCNCC2. The smallest absolute Gasteiger partial charge is 0.223 e. The highest BCUT2D eigenvalue weighted by Crippen LogP contribution is 2.58. The molecule has 1 spiro atoms. The fourth-order valence-electron chi connectivity index (χ4n) is 3.50. The van der Waals surface area contributed by atoms with Crippen molar-refractivity contribution in [2.75, 3.05) is 20.2 Å². The molecule has 2 N–H and O–H groups in total. The molecule has 21 heavy (non-hydrogen) atoms. The van der Waals surface area contributed by atoms with E-state index < -0.39 is 0 Å². The topological polar surface area (TPSA) is 50.4 Å². The number of methoxy groups -OCH3 is 1. The van der Waals surface area contributed by atoms with Crippen molar-refractivity contribution in [1.82, 2.24) is 10.6 Å². The fourth-order valence-corrected chi connectivity index (χ4v) is 3.50. The Morgan fingerprint density at radius 3 is 2.90 bits per heavy atom. The third kappa shape index (κ3) is 2.91. The molecule has 1 atom stereocenters. The average molecular weight is 288 g/mol. The number of carbonyl (C=O) groups excluding carboxylic acids is 1. The van der Waals surface area contributed by atoms with Crippen molar-refractivity contribution in [3.63, 3.8) is 0 Å². The predicted octanol–water partition coefficient (Wildman–Crippen LogP) is 2.01. The van der Waals surface area contributed by atoms with E-state index in [2.05, 4.69) is 16.7 Å². The van der Waals surface area contributed by atoms with Crippen LogP contribution in [0, 0.1) is 18.3 Å². The Hall–Kier alpha value is -1.55. The molecule has 0 radical (unpaired) electrons. The quantitative estimate of drug-likeness (QED) is 0.891. The molecule has 1 saturated heterocycles. The molecule has 1 amide bonds. The minimum absolute atomic E-state index is 0.208. The summed E-state index contributed by atoms with van der Waals surface area (Å²) in [6.07, 6.45) is 3.34. The van der Waals surface area contributed by atoms with Gasteiger partial charge in [-0.25, -0.2) is 0 Å². The van der Waals surface area contributed by atoms with E-state index in [0.29, 0.717) is 12.0 Å². The van der Waals surface area contributed by atoms with Crippen LogP contribution in [-0.2, 0) is 11.3 Å². The van der Waals surface area contributed by atoms with Gasteiger partial charge in [0.15, 0.2) is 0 Å². The van der Waals surface area contributed by atoms with Crippen molar-refractivity contribution >= 4 is 5.91 Å². The zero-order valence-corrected chi connectivity index (χ0v) is 12.9. The number of benzene rings is 1. The highest BCUT2D eigenvalue weighted by atomic mass is 16.5. The lowest BCUT2D eigenvalue weighted by Crippen LogP contribution is -2.33. The number of aryl methyl sites for hydroxylation is 1. The van der Waals surface area contributed by atoms with Crippen LogP contribution >= 0.6 is 0 Å². The number of carbonyl (C=O) groups is 1. The summed E-state index contributed by atoms with van der Waals surface area (Å²) in [7, 11) is 1.67. The van der Waals surface area contributed by atoms with Crippen LogP contribution in [0.5, 0.6) is 5.75 Å². The summed E-state index contributed by atoms with van der Waals surface area (Å²) in [5, 5.41) is 6.46. The molecule has 3 rings (SSSR count). The molecule has 1 heterocycles. The number of rotatable bonds is 4. The van der Waals surface area contributed by atoms with Gasteiger partial charge in [0.05, 0.1) is 7.11 Å². The molecule has 4 nitrogen and oxygen atoms in total. The van der Waals surface area contributed by atoms with Crippen molar-refractivity contribution in [3.8, 4) is 5.75 Å². The molecule has 2 aliphatic rings. The van der Waals surface area contributed by atoms with Crippen molar-refractivity contribution < 1.29 is 9.53 Å². The summed E-state index contributed by atoms with van der Waals surface area (Å²) >= 11 is 0. The maximum Gasteiger partial charge on any atom is 0.223 e. The van der Waals surface area contributed by atoms with E-state index in [-0.39, 0.29) is 11.8 Å². The Bertz CT molecular complexity index is 536. The van der Waals surface area contributed by atoms with Crippen LogP contribution in [0.4, 0.5) is 0 Å². The normalized spacial score (nSPS) is 22.9. The number of hydrogen-bond donors (Lipinski definition) is 2. The van der Waals surface area contributed by atoms with Gasteiger partial charge in [0.25, 0.3) is 0 Å². The van der Waals surface area contributed by atoms with Crippen LogP contribution in [0.2, 0.25) is 0 Å². The van der Waals surface area contributed by atoms with Crippen molar-refractivity contribution in [3.05, 3.63) is 29.3 Å². The van der Waals surface area contributed by atoms with Crippen LogP contribution in [0.1, 0.15) is 30.4 Å². The Kier molecular flexibility index (Phi) is 3.89. The Morgan fingerprint density at radius 2 is 2.19 bits per heavy atom. The van der Waals surface area contributed by atoms with Crippen molar-refractivity contribution in [2.24, 2.45) is 11.3 Å². The molecular weight excluding hydrogens is 264 g/mol. The Balaban J connectivity index is 1.57. The van der Waals surface area contributed by atoms with Crippen molar-refractivity contribution in [2.45, 2.75) is 32.7 Å². The Labute approximate surface area is 126 Å². The van der Waals surface area contributed by atoms with Gasteiger partial charge in [-0.05, 0) is 56.3 Å². The maximum atomic E-state index is 12.3. The molecule has 1 unspecified atom stereocenters. The second kappa shape index (κ2) is 5.68. The van der Waals surface area contributed by atoms with Gasteiger partial charge in [-0.1, -0.05) is 12.1 Å². The molecule has 2 fully saturated rings. The molecule has 0 bridgehead atoms. The lowest BCUT2D eigenvalue weighted by Gasteiger charge is -2.23. The second-order valence-electron chi connectivity index (χ2n) is 6.40. The molecule has 1 aromatic rings.